The Bertz CT molecular complexity index is 474. The molecule has 1 aromatic rings. The lowest BCUT2D eigenvalue weighted by Gasteiger charge is -2.32. The first-order valence-corrected chi connectivity index (χ1v) is 9.01. The van der Waals surface area contributed by atoms with Crippen LogP contribution in [0.25, 0.3) is 0 Å². The number of nitrogens with zero attached hydrogens (tertiary/aromatic N) is 1. The minimum absolute atomic E-state index is 0. The van der Waals surface area contributed by atoms with Crippen molar-refractivity contribution in [3.8, 4) is 5.75 Å². The minimum atomic E-state index is 0. The summed E-state index contributed by atoms with van der Waals surface area (Å²) in [5, 5.41) is 3.47. The van der Waals surface area contributed by atoms with E-state index in [-0.39, 0.29) is 12.4 Å². The second-order valence-electron chi connectivity index (χ2n) is 6.83. The van der Waals surface area contributed by atoms with E-state index in [1.807, 2.05) is 6.07 Å². The van der Waals surface area contributed by atoms with Gasteiger partial charge in [-0.1, -0.05) is 18.2 Å². The number of methoxy groups -OCH3 is 1. The Balaban J connectivity index is 0.00000208. The molecule has 24 heavy (non-hydrogen) atoms. The van der Waals surface area contributed by atoms with Gasteiger partial charge in [-0.15, -0.1) is 12.4 Å². The van der Waals surface area contributed by atoms with Crippen LogP contribution in [-0.2, 0) is 11.3 Å². The molecule has 1 atom stereocenters. The van der Waals surface area contributed by atoms with Gasteiger partial charge in [-0.2, -0.15) is 0 Å². The average Bonchev–Trinajstić information content (AvgIpc) is 3.09. The maximum Gasteiger partial charge on any atom is 0.123 e. The van der Waals surface area contributed by atoms with Crippen LogP contribution in [0, 0.1) is 5.92 Å². The molecule has 0 bridgehead atoms. The highest BCUT2D eigenvalue weighted by Gasteiger charge is 2.23. The third-order valence-corrected chi connectivity index (χ3v) is 5.05. The van der Waals surface area contributed by atoms with Crippen molar-refractivity contribution in [1.29, 1.82) is 0 Å². The van der Waals surface area contributed by atoms with Crippen molar-refractivity contribution < 1.29 is 9.47 Å². The Labute approximate surface area is 152 Å². The smallest absolute Gasteiger partial charge is 0.123 e. The predicted octanol–water partition coefficient (Wildman–Crippen LogP) is 3.10. The first kappa shape index (κ1) is 19.5. The molecule has 5 heteroatoms. The van der Waals surface area contributed by atoms with E-state index < -0.39 is 0 Å². The second-order valence-corrected chi connectivity index (χ2v) is 6.83. The van der Waals surface area contributed by atoms with E-state index in [9.17, 15) is 0 Å². The van der Waals surface area contributed by atoms with Crippen molar-refractivity contribution >= 4 is 12.4 Å². The Morgan fingerprint density at radius 2 is 1.96 bits per heavy atom. The largest absolute Gasteiger partial charge is 0.496 e. The van der Waals surface area contributed by atoms with Gasteiger partial charge >= 0.3 is 0 Å². The number of hydrogen-bond donors (Lipinski definition) is 1. The number of hydrogen-bond acceptors (Lipinski definition) is 4. The van der Waals surface area contributed by atoms with Crippen LogP contribution in [0.15, 0.2) is 24.3 Å². The molecule has 0 amide bonds. The van der Waals surface area contributed by atoms with E-state index >= 15 is 0 Å². The van der Waals surface area contributed by atoms with E-state index in [4.69, 9.17) is 9.47 Å². The van der Waals surface area contributed by atoms with E-state index in [0.717, 1.165) is 44.5 Å². The second kappa shape index (κ2) is 10.2. The maximum absolute atomic E-state index is 5.88. The summed E-state index contributed by atoms with van der Waals surface area (Å²) in [5.74, 6) is 1.79. The Hall–Kier alpha value is -0.810. The van der Waals surface area contributed by atoms with Gasteiger partial charge in [-0.05, 0) is 50.8 Å². The lowest BCUT2D eigenvalue weighted by Crippen LogP contribution is -2.39. The number of nitrogens with one attached hydrogen (secondary N) is 1. The summed E-state index contributed by atoms with van der Waals surface area (Å²) in [5.41, 5.74) is 1.28. The number of benzene rings is 1. The van der Waals surface area contributed by atoms with Gasteiger partial charge in [0.1, 0.15) is 5.75 Å². The fraction of sp³-hybridized carbons (Fsp3) is 0.684. The zero-order valence-electron chi connectivity index (χ0n) is 14.7. The number of rotatable bonds is 7. The molecule has 136 valence electrons. The first-order valence-electron chi connectivity index (χ1n) is 9.01. The summed E-state index contributed by atoms with van der Waals surface area (Å²) in [6, 6.07) is 8.39. The van der Waals surface area contributed by atoms with Crippen molar-refractivity contribution in [3.63, 3.8) is 0 Å². The lowest BCUT2D eigenvalue weighted by molar-refractivity contribution is 0.0620. The normalized spacial score (nSPS) is 21.7. The molecule has 1 N–H and O–H groups in total. The topological polar surface area (TPSA) is 33.7 Å². The van der Waals surface area contributed by atoms with Gasteiger partial charge in [0, 0.05) is 31.8 Å². The summed E-state index contributed by atoms with van der Waals surface area (Å²) in [6.45, 7) is 6.41. The highest BCUT2D eigenvalue weighted by Crippen LogP contribution is 2.23. The van der Waals surface area contributed by atoms with Crippen LogP contribution < -0.4 is 10.1 Å². The molecule has 2 aliphatic rings. The highest BCUT2D eigenvalue weighted by atomic mass is 35.5. The molecule has 2 fully saturated rings. The minimum Gasteiger partial charge on any atom is -0.496 e. The molecule has 1 aromatic carbocycles. The van der Waals surface area contributed by atoms with Gasteiger partial charge in [0.05, 0.1) is 13.2 Å². The molecule has 0 aromatic heterocycles. The summed E-state index contributed by atoms with van der Waals surface area (Å²) in [7, 11) is 1.76. The Morgan fingerprint density at radius 1 is 1.17 bits per heavy atom. The molecule has 2 aliphatic heterocycles. The Kier molecular flexibility index (Phi) is 8.33. The molecule has 0 radical (unpaired) electrons. The molecular formula is C19H31ClN2O2. The molecule has 2 saturated heterocycles. The van der Waals surface area contributed by atoms with Crippen LogP contribution in [-0.4, -0.2) is 50.9 Å². The monoisotopic (exact) mass is 354 g/mol. The first-order chi connectivity index (χ1) is 11.3. The standard InChI is InChI=1S/C19H30N2O2.ClH/c1-22-19-7-3-2-5-17(19)14-21(15-18-6-4-12-23-18)13-16-8-10-20-11-9-16;/h2-3,5,7,16,18,20H,4,6,8-15H2,1H3;1H. The molecule has 0 saturated carbocycles. The zero-order valence-corrected chi connectivity index (χ0v) is 15.5. The van der Waals surface area contributed by atoms with Crippen molar-refractivity contribution in [3.05, 3.63) is 29.8 Å². The molecule has 0 aliphatic carbocycles. The van der Waals surface area contributed by atoms with E-state index in [0.29, 0.717) is 6.10 Å². The SMILES string of the molecule is COc1ccccc1CN(CC1CCNCC1)CC1CCCO1.Cl. The number of ether oxygens (including phenoxy) is 2. The molecule has 4 nitrogen and oxygen atoms in total. The van der Waals surface area contributed by atoms with Crippen molar-refractivity contribution in [2.45, 2.75) is 38.3 Å². The van der Waals surface area contributed by atoms with Gasteiger partial charge in [0.25, 0.3) is 0 Å². The number of halogens is 1. The summed E-state index contributed by atoms with van der Waals surface area (Å²) in [4.78, 5) is 2.59. The zero-order chi connectivity index (χ0) is 15.9. The Morgan fingerprint density at radius 3 is 2.67 bits per heavy atom. The van der Waals surface area contributed by atoms with E-state index in [1.54, 1.807) is 7.11 Å². The van der Waals surface area contributed by atoms with Gasteiger partial charge in [-0.25, -0.2) is 0 Å². The third-order valence-electron chi connectivity index (χ3n) is 5.05. The van der Waals surface area contributed by atoms with E-state index in [2.05, 4.69) is 28.4 Å². The van der Waals surface area contributed by atoms with Gasteiger partial charge in [0.15, 0.2) is 0 Å². The van der Waals surface area contributed by atoms with Crippen LogP contribution >= 0.6 is 12.4 Å². The average molecular weight is 355 g/mol. The van der Waals surface area contributed by atoms with Gasteiger partial charge < -0.3 is 14.8 Å². The fourth-order valence-corrected chi connectivity index (χ4v) is 3.78. The molecule has 1 unspecified atom stereocenters. The summed E-state index contributed by atoms with van der Waals surface area (Å²) in [6.07, 6.45) is 5.39. The number of para-hydroxylation sites is 1. The third kappa shape index (κ3) is 5.62. The van der Waals surface area contributed by atoms with Gasteiger partial charge in [0.2, 0.25) is 0 Å². The summed E-state index contributed by atoms with van der Waals surface area (Å²) >= 11 is 0. The number of piperidine rings is 1. The van der Waals surface area contributed by atoms with Gasteiger partial charge in [-0.3, -0.25) is 4.90 Å². The van der Waals surface area contributed by atoms with Crippen molar-refractivity contribution in [2.75, 3.05) is 39.9 Å². The maximum atomic E-state index is 5.88. The van der Waals surface area contributed by atoms with Crippen molar-refractivity contribution in [2.24, 2.45) is 5.92 Å². The summed E-state index contributed by atoms with van der Waals surface area (Å²) < 4.78 is 11.4. The quantitative estimate of drug-likeness (QED) is 0.815. The highest BCUT2D eigenvalue weighted by molar-refractivity contribution is 5.85. The van der Waals surface area contributed by atoms with Crippen LogP contribution in [0.5, 0.6) is 5.75 Å². The lowest BCUT2D eigenvalue weighted by atomic mass is 9.97. The van der Waals surface area contributed by atoms with Crippen molar-refractivity contribution in [1.82, 2.24) is 10.2 Å². The molecule has 2 heterocycles. The van der Waals surface area contributed by atoms with Crippen LogP contribution in [0.2, 0.25) is 0 Å². The predicted molar refractivity (Wildman–Crippen MR) is 100 cm³/mol. The van der Waals surface area contributed by atoms with Crippen LogP contribution in [0.4, 0.5) is 0 Å². The van der Waals surface area contributed by atoms with E-state index in [1.165, 1.54) is 37.8 Å². The molecule has 0 spiro atoms. The molecular weight excluding hydrogens is 324 g/mol. The molecule has 3 rings (SSSR count). The fourth-order valence-electron chi connectivity index (χ4n) is 3.78. The van der Waals surface area contributed by atoms with Crippen LogP contribution in [0.1, 0.15) is 31.2 Å². The van der Waals surface area contributed by atoms with Crippen LogP contribution in [0.3, 0.4) is 0 Å².